The van der Waals surface area contributed by atoms with Crippen LogP contribution in [-0.2, 0) is 0 Å². The summed E-state index contributed by atoms with van der Waals surface area (Å²) in [5.41, 5.74) is 7.60. The number of hydrogen-bond acceptors (Lipinski definition) is 1. The molecule has 0 atom stereocenters. The van der Waals surface area contributed by atoms with Crippen molar-refractivity contribution in [2.45, 2.75) is 0 Å². The molecule has 11 aromatic rings. The van der Waals surface area contributed by atoms with E-state index in [0.29, 0.717) is 0 Å². The van der Waals surface area contributed by atoms with Gasteiger partial charge in [-0.05, 0) is 112 Å². The van der Waals surface area contributed by atoms with E-state index in [1.54, 1.807) is 0 Å². The van der Waals surface area contributed by atoms with Crippen LogP contribution in [-0.4, -0.2) is 0 Å². The molecule has 1 heterocycles. The van der Waals surface area contributed by atoms with Crippen molar-refractivity contribution in [3.8, 4) is 33.4 Å². The highest BCUT2D eigenvalue weighted by Crippen LogP contribution is 2.47. The van der Waals surface area contributed by atoms with Crippen molar-refractivity contribution in [1.29, 1.82) is 0 Å². The third kappa shape index (κ3) is 4.32. The molecule has 0 saturated heterocycles. The van der Waals surface area contributed by atoms with E-state index in [9.17, 15) is 0 Å². The van der Waals surface area contributed by atoms with E-state index in [4.69, 9.17) is 0 Å². The molecule has 0 bridgehead atoms. The van der Waals surface area contributed by atoms with Crippen LogP contribution in [0.15, 0.2) is 182 Å². The minimum absolute atomic E-state index is 1.24. The summed E-state index contributed by atoms with van der Waals surface area (Å²) in [4.78, 5) is 0. The highest BCUT2D eigenvalue weighted by Gasteiger charge is 2.19. The summed E-state index contributed by atoms with van der Waals surface area (Å²) in [6, 6.07) is 67.4. The van der Waals surface area contributed by atoms with Gasteiger partial charge >= 0.3 is 0 Å². The molecule has 0 aliphatic rings. The summed E-state index contributed by atoms with van der Waals surface area (Å²) in [6.07, 6.45) is 0. The Labute approximate surface area is 299 Å². The Morgan fingerprint density at radius 3 is 1.57 bits per heavy atom. The topological polar surface area (TPSA) is 0 Å². The number of fused-ring (bicyclic) bond motifs is 9. The van der Waals surface area contributed by atoms with Crippen molar-refractivity contribution in [3.63, 3.8) is 0 Å². The van der Waals surface area contributed by atoms with Gasteiger partial charge in [-0.1, -0.05) is 158 Å². The summed E-state index contributed by atoms with van der Waals surface area (Å²) in [5.74, 6) is 0. The number of thiophene rings is 1. The average molecular weight is 663 g/mol. The lowest BCUT2D eigenvalue weighted by Crippen LogP contribution is -1.92. The van der Waals surface area contributed by atoms with Gasteiger partial charge in [-0.2, -0.15) is 0 Å². The van der Waals surface area contributed by atoms with Gasteiger partial charge in [-0.15, -0.1) is 11.3 Å². The predicted molar refractivity (Wildman–Crippen MR) is 223 cm³/mol. The fourth-order valence-electron chi connectivity index (χ4n) is 8.56. The fraction of sp³-hybridized carbons (Fsp3) is 0. The van der Waals surface area contributed by atoms with E-state index in [-0.39, 0.29) is 0 Å². The minimum atomic E-state index is 1.24. The van der Waals surface area contributed by atoms with Gasteiger partial charge in [0.05, 0.1) is 0 Å². The molecule has 0 aliphatic carbocycles. The molecule has 0 aliphatic heterocycles. The molecule has 236 valence electrons. The zero-order chi connectivity index (χ0) is 33.5. The quantitative estimate of drug-likeness (QED) is 0.165. The Morgan fingerprint density at radius 1 is 0.275 bits per heavy atom. The molecule has 1 heteroatoms. The first-order chi connectivity index (χ1) is 25.3. The van der Waals surface area contributed by atoms with E-state index in [1.807, 2.05) is 11.3 Å². The monoisotopic (exact) mass is 662 g/mol. The summed E-state index contributed by atoms with van der Waals surface area (Å²) in [6.45, 7) is 0. The second-order valence-electron chi connectivity index (χ2n) is 13.6. The molecule has 0 amide bonds. The molecule has 0 N–H and O–H groups in total. The zero-order valence-electron chi connectivity index (χ0n) is 27.7. The van der Waals surface area contributed by atoms with Crippen LogP contribution in [0, 0.1) is 0 Å². The standard InChI is InChI=1S/C50H30S/c1-2-13-32(14-3-1)48-40-18-8-10-20-42(40)49(43-21-11-9-19-41(43)48)44-26-25-36(38-16-6-7-17-39(38)44)34-23-22-33-29-45-47(30-35(33)28-34)51-46-27-24-31-12-4-5-15-37(31)50(45)46/h1-30H. The number of hydrogen-bond donors (Lipinski definition) is 0. The molecular formula is C50H30S. The summed E-state index contributed by atoms with van der Waals surface area (Å²) in [7, 11) is 0. The Balaban J connectivity index is 1.13. The predicted octanol–water partition coefficient (Wildman–Crippen LogP) is 14.8. The Kier molecular flexibility index (Phi) is 6.22. The molecule has 0 spiro atoms. The molecule has 10 aromatic carbocycles. The van der Waals surface area contributed by atoms with Crippen LogP contribution < -0.4 is 0 Å². The maximum atomic E-state index is 2.40. The molecule has 0 nitrogen and oxygen atoms in total. The van der Waals surface area contributed by atoms with Crippen LogP contribution in [0.25, 0.3) is 107 Å². The number of rotatable bonds is 3. The van der Waals surface area contributed by atoms with Gasteiger partial charge < -0.3 is 0 Å². The normalized spacial score (nSPS) is 11.9. The Morgan fingerprint density at radius 2 is 0.843 bits per heavy atom. The Hall–Kier alpha value is -6.28. The summed E-state index contributed by atoms with van der Waals surface area (Å²) < 4.78 is 2.68. The first-order valence-corrected chi connectivity index (χ1v) is 18.4. The second-order valence-corrected chi connectivity index (χ2v) is 14.7. The van der Waals surface area contributed by atoms with Crippen molar-refractivity contribution in [2.24, 2.45) is 0 Å². The van der Waals surface area contributed by atoms with E-state index in [0.717, 1.165) is 0 Å². The van der Waals surface area contributed by atoms with Gasteiger partial charge in [0.15, 0.2) is 0 Å². The minimum Gasteiger partial charge on any atom is -0.135 e. The van der Waals surface area contributed by atoms with Crippen molar-refractivity contribution in [2.75, 3.05) is 0 Å². The highest BCUT2D eigenvalue weighted by molar-refractivity contribution is 7.26. The lowest BCUT2D eigenvalue weighted by Gasteiger charge is -2.19. The maximum Gasteiger partial charge on any atom is 0.0362 e. The van der Waals surface area contributed by atoms with Gasteiger partial charge in [0.25, 0.3) is 0 Å². The van der Waals surface area contributed by atoms with Crippen molar-refractivity contribution in [3.05, 3.63) is 182 Å². The van der Waals surface area contributed by atoms with E-state index >= 15 is 0 Å². The summed E-state index contributed by atoms with van der Waals surface area (Å²) in [5, 5.41) is 15.5. The molecule has 0 fully saturated rings. The Bertz CT molecular complexity index is 3130. The third-order valence-corrected chi connectivity index (χ3v) is 11.9. The molecule has 11 rings (SSSR count). The molecular weight excluding hydrogens is 633 g/mol. The van der Waals surface area contributed by atoms with E-state index < -0.39 is 0 Å². The molecule has 0 saturated carbocycles. The highest BCUT2D eigenvalue weighted by atomic mass is 32.1. The second kappa shape index (κ2) is 11.1. The molecule has 0 unspecified atom stereocenters. The lowest BCUT2D eigenvalue weighted by atomic mass is 9.84. The van der Waals surface area contributed by atoms with E-state index in [2.05, 4.69) is 182 Å². The van der Waals surface area contributed by atoms with Crippen molar-refractivity contribution < 1.29 is 0 Å². The van der Waals surface area contributed by atoms with Crippen molar-refractivity contribution >= 4 is 85.4 Å². The largest absolute Gasteiger partial charge is 0.135 e. The lowest BCUT2D eigenvalue weighted by molar-refractivity contribution is 1.65. The van der Waals surface area contributed by atoms with Crippen molar-refractivity contribution in [1.82, 2.24) is 0 Å². The zero-order valence-corrected chi connectivity index (χ0v) is 28.5. The van der Waals surface area contributed by atoms with E-state index in [1.165, 1.54) is 107 Å². The van der Waals surface area contributed by atoms with Crippen LogP contribution in [0.3, 0.4) is 0 Å². The van der Waals surface area contributed by atoms with Gasteiger partial charge in [-0.3, -0.25) is 0 Å². The van der Waals surface area contributed by atoms with Gasteiger partial charge in [0, 0.05) is 20.2 Å². The number of benzene rings is 10. The molecule has 0 radical (unpaired) electrons. The average Bonchev–Trinajstić information content (AvgIpc) is 3.56. The van der Waals surface area contributed by atoms with Crippen LogP contribution in [0.4, 0.5) is 0 Å². The van der Waals surface area contributed by atoms with Gasteiger partial charge in [-0.25, -0.2) is 0 Å². The summed E-state index contributed by atoms with van der Waals surface area (Å²) >= 11 is 1.90. The van der Waals surface area contributed by atoms with Gasteiger partial charge in [0.2, 0.25) is 0 Å². The smallest absolute Gasteiger partial charge is 0.0362 e. The third-order valence-electron chi connectivity index (χ3n) is 10.8. The first kappa shape index (κ1) is 28.5. The first-order valence-electron chi connectivity index (χ1n) is 17.6. The van der Waals surface area contributed by atoms with Crippen LogP contribution in [0.5, 0.6) is 0 Å². The molecule has 51 heavy (non-hydrogen) atoms. The van der Waals surface area contributed by atoms with Gasteiger partial charge in [0.1, 0.15) is 0 Å². The van der Waals surface area contributed by atoms with Crippen LogP contribution >= 0.6 is 11.3 Å². The fourth-order valence-corrected chi connectivity index (χ4v) is 9.71. The maximum absolute atomic E-state index is 2.40. The SMILES string of the molecule is c1ccc(-c2c3ccccc3c(-c3ccc(-c4ccc5cc6c(cc5c4)sc4ccc5ccccc5c46)c4ccccc34)c3ccccc23)cc1. The van der Waals surface area contributed by atoms with Crippen LogP contribution in [0.2, 0.25) is 0 Å². The van der Waals surface area contributed by atoms with Crippen LogP contribution in [0.1, 0.15) is 0 Å². The molecule has 1 aromatic heterocycles.